The zero-order valence-electron chi connectivity index (χ0n) is 15.6. The average Bonchev–Trinajstić information content (AvgIpc) is 3.15. The molecule has 2 N–H and O–H groups in total. The number of H-pyrrole nitrogens is 1. The van der Waals surface area contributed by atoms with Gasteiger partial charge in [0.15, 0.2) is 0 Å². The van der Waals surface area contributed by atoms with E-state index < -0.39 is 10.0 Å². The highest BCUT2D eigenvalue weighted by atomic mass is 32.2. The van der Waals surface area contributed by atoms with Crippen LogP contribution in [0, 0.1) is 5.82 Å². The smallest absolute Gasteiger partial charge is 0.240 e. The fraction of sp³-hybridized carbons (Fsp3) is 0.0455. The molecule has 0 unspecified atom stereocenters. The minimum Gasteiger partial charge on any atom is -0.338 e. The van der Waals surface area contributed by atoms with Gasteiger partial charge in [-0.2, -0.15) is 0 Å². The van der Waals surface area contributed by atoms with Crippen molar-refractivity contribution in [3.05, 3.63) is 83.9 Å². The zero-order chi connectivity index (χ0) is 20.4. The molecule has 29 heavy (non-hydrogen) atoms. The van der Waals surface area contributed by atoms with E-state index in [0.29, 0.717) is 11.4 Å². The highest BCUT2D eigenvalue weighted by Gasteiger charge is 2.17. The number of rotatable bonds is 5. The molecule has 0 aliphatic rings. The summed E-state index contributed by atoms with van der Waals surface area (Å²) in [7, 11) is -2.19. The van der Waals surface area contributed by atoms with Crippen molar-refractivity contribution in [2.24, 2.45) is 0 Å². The Kier molecular flexibility index (Phi) is 5.00. The van der Waals surface area contributed by atoms with Gasteiger partial charge in [-0.25, -0.2) is 22.5 Å². The molecule has 0 aliphatic carbocycles. The van der Waals surface area contributed by atoms with Gasteiger partial charge in [0, 0.05) is 5.56 Å². The Morgan fingerprint density at radius 2 is 1.76 bits per heavy atom. The summed E-state index contributed by atoms with van der Waals surface area (Å²) in [5.74, 6) is 0.372. The average molecular weight is 407 g/mol. The predicted octanol–water partition coefficient (Wildman–Crippen LogP) is 4.45. The van der Waals surface area contributed by atoms with E-state index >= 15 is 0 Å². The van der Waals surface area contributed by atoms with E-state index in [9.17, 15) is 12.8 Å². The maximum atomic E-state index is 13.0. The Bertz CT molecular complexity index is 1310. The molecule has 0 atom stereocenters. The van der Waals surface area contributed by atoms with Gasteiger partial charge in [-0.15, -0.1) is 0 Å². The van der Waals surface area contributed by atoms with Gasteiger partial charge in [0.1, 0.15) is 11.6 Å². The van der Waals surface area contributed by atoms with Gasteiger partial charge in [0.05, 0.1) is 15.9 Å². The molecule has 0 bridgehead atoms. The molecular formula is C22H18FN3O2S. The Labute approximate surface area is 168 Å². The summed E-state index contributed by atoms with van der Waals surface area (Å²) in [6, 6.07) is 18.6. The van der Waals surface area contributed by atoms with Crippen LogP contribution >= 0.6 is 0 Å². The van der Waals surface area contributed by atoms with Crippen LogP contribution in [-0.4, -0.2) is 25.4 Å². The molecule has 1 heterocycles. The quantitative estimate of drug-likeness (QED) is 0.513. The monoisotopic (exact) mass is 407 g/mol. The first-order valence-electron chi connectivity index (χ1n) is 8.93. The largest absolute Gasteiger partial charge is 0.338 e. The molecule has 0 radical (unpaired) electrons. The van der Waals surface area contributed by atoms with E-state index in [4.69, 9.17) is 0 Å². The van der Waals surface area contributed by atoms with E-state index in [2.05, 4.69) is 14.7 Å². The van der Waals surface area contributed by atoms with Crippen LogP contribution in [-0.2, 0) is 10.0 Å². The topological polar surface area (TPSA) is 74.8 Å². The molecule has 7 heteroatoms. The summed E-state index contributed by atoms with van der Waals surface area (Å²) in [5.41, 5.74) is 3.78. The van der Waals surface area contributed by atoms with Crippen molar-refractivity contribution >= 4 is 33.2 Å². The van der Waals surface area contributed by atoms with Crippen LogP contribution in [0.15, 0.2) is 71.6 Å². The van der Waals surface area contributed by atoms with Crippen molar-refractivity contribution in [2.45, 2.75) is 4.90 Å². The van der Waals surface area contributed by atoms with Crippen LogP contribution in [0.2, 0.25) is 0 Å². The lowest BCUT2D eigenvalue weighted by atomic mass is 10.1. The first-order chi connectivity index (χ1) is 14.0. The van der Waals surface area contributed by atoms with E-state index in [-0.39, 0.29) is 10.7 Å². The van der Waals surface area contributed by atoms with Gasteiger partial charge >= 0.3 is 0 Å². The molecule has 0 spiro atoms. The summed E-state index contributed by atoms with van der Waals surface area (Å²) < 4.78 is 40.0. The summed E-state index contributed by atoms with van der Waals surface area (Å²) in [4.78, 5) is 7.99. The Morgan fingerprint density at radius 3 is 2.52 bits per heavy atom. The number of hydrogen-bond acceptors (Lipinski definition) is 3. The standard InChI is InChI=1S/C22H18FN3O2S/c1-24-29(27,28)21-5-3-2-4-18(21)16-9-12-19-20(14-16)26-22(25-19)13-8-15-6-10-17(23)11-7-15/h2-14,24H,1H3,(H,25,26). The van der Waals surface area contributed by atoms with Crippen molar-refractivity contribution in [3.8, 4) is 11.1 Å². The highest BCUT2D eigenvalue weighted by molar-refractivity contribution is 7.89. The van der Waals surface area contributed by atoms with Gasteiger partial charge in [0.2, 0.25) is 10.0 Å². The maximum Gasteiger partial charge on any atom is 0.240 e. The molecule has 4 aromatic rings. The number of benzene rings is 3. The fourth-order valence-corrected chi connectivity index (χ4v) is 4.02. The third-order valence-electron chi connectivity index (χ3n) is 4.56. The van der Waals surface area contributed by atoms with E-state index in [1.54, 1.807) is 36.4 Å². The first kappa shape index (κ1) is 19.0. The van der Waals surface area contributed by atoms with E-state index in [1.807, 2.05) is 30.4 Å². The number of hydrogen-bond donors (Lipinski definition) is 2. The summed E-state index contributed by atoms with van der Waals surface area (Å²) in [5, 5.41) is 0. The highest BCUT2D eigenvalue weighted by Crippen LogP contribution is 2.29. The lowest BCUT2D eigenvalue weighted by Crippen LogP contribution is -2.19. The number of aromatic nitrogens is 2. The normalized spacial score (nSPS) is 12.1. The first-order valence-corrected chi connectivity index (χ1v) is 10.4. The Morgan fingerprint density at radius 1 is 1.00 bits per heavy atom. The molecule has 146 valence electrons. The van der Waals surface area contributed by atoms with Gasteiger partial charge < -0.3 is 4.98 Å². The molecule has 5 nitrogen and oxygen atoms in total. The third-order valence-corrected chi connectivity index (χ3v) is 6.03. The minimum atomic E-state index is -3.58. The summed E-state index contributed by atoms with van der Waals surface area (Å²) in [6.45, 7) is 0. The summed E-state index contributed by atoms with van der Waals surface area (Å²) >= 11 is 0. The number of nitrogens with zero attached hydrogens (tertiary/aromatic N) is 1. The van der Waals surface area contributed by atoms with Crippen molar-refractivity contribution in [2.75, 3.05) is 7.05 Å². The van der Waals surface area contributed by atoms with Crippen LogP contribution in [0.4, 0.5) is 4.39 Å². The number of sulfonamides is 1. The van der Waals surface area contributed by atoms with Gasteiger partial charge in [0.25, 0.3) is 0 Å². The molecule has 0 saturated heterocycles. The van der Waals surface area contributed by atoms with Crippen molar-refractivity contribution in [1.29, 1.82) is 0 Å². The molecule has 0 fully saturated rings. The van der Waals surface area contributed by atoms with Crippen LogP contribution in [0.5, 0.6) is 0 Å². The third kappa shape index (κ3) is 3.96. The van der Waals surface area contributed by atoms with Crippen LogP contribution in [0.1, 0.15) is 11.4 Å². The molecule has 4 rings (SSSR count). The number of fused-ring (bicyclic) bond motifs is 1. The second-order valence-electron chi connectivity index (χ2n) is 6.44. The van der Waals surface area contributed by atoms with Gasteiger partial charge in [-0.1, -0.05) is 42.5 Å². The van der Waals surface area contributed by atoms with Crippen molar-refractivity contribution in [3.63, 3.8) is 0 Å². The van der Waals surface area contributed by atoms with Crippen molar-refractivity contribution < 1.29 is 12.8 Å². The van der Waals surface area contributed by atoms with Crippen molar-refractivity contribution in [1.82, 2.24) is 14.7 Å². The lowest BCUT2D eigenvalue weighted by Gasteiger charge is -2.09. The lowest BCUT2D eigenvalue weighted by molar-refractivity contribution is 0.588. The molecule has 0 saturated carbocycles. The second-order valence-corrected chi connectivity index (χ2v) is 8.30. The zero-order valence-corrected chi connectivity index (χ0v) is 16.4. The predicted molar refractivity (Wildman–Crippen MR) is 113 cm³/mol. The van der Waals surface area contributed by atoms with Crippen LogP contribution in [0.3, 0.4) is 0 Å². The van der Waals surface area contributed by atoms with Crippen LogP contribution < -0.4 is 4.72 Å². The second kappa shape index (κ2) is 7.62. The SMILES string of the molecule is CNS(=O)(=O)c1ccccc1-c1ccc2[nH]c(C=Cc3ccc(F)cc3)nc2c1. The maximum absolute atomic E-state index is 13.0. The number of halogens is 1. The Balaban J connectivity index is 1.71. The molecule has 0 amide bonds. The molecule has 0 aliphatic heterocycles. The molecule has 3 aromatic carbocycles. The minimum absolute atomic E-state index is 0.216. The number of imidazole rings is 1. The van der Waals surface area contributed by atoms with Gasteiger partial charge in [-0.3, -0.25) is 0 Å². The summed E-state index contributed by atoms with van der Waals surface area (Å²) in [6.07, 6.45) is 3.65. The van der Waals surface area contributed by atoms with Crippen LogP contribution in [0.25, 0.3) is 34.3 Å². The van der Waals surface area contributed by atoms with Gasteiger partial charge in [-0.05, 0) is 54.6 Å². The Hall–Kier alpha value is -3.29. The number of nitrogens with one attached hydrogen (secondary N) is 2. The molecule has 1 aromatic heterocycles. The van der Waals surface area contributed by atoms with E-state index in [1.165, 1.54) is 19.2 Å². The van der Waals surface area contributed by atoms with E-state index in [0.717, 1.165) is 22.2 Å². The molecular weight excluding hydrogens is 389 g/mol. The number of aromatic amines is 1. The fourth-order valence-electron chi connectivity index (χ4n) is 3.07.